The van der Waals surface area contributed by atoms with E-state index < -0.39 is 0 Å². The van der Waals surface area contributed by atoms with Gasteiger partial charge < -0.3 is 9.64 Å². The predicted molar refractivity (Wildman–Crippen MR) is 54.0 cm³/mol. The fourth-order valence-electron chi connectivity index (χ4n) is 1.18. The lowest BCUT2D eigenvalue weighted by Crippen LogP contribution is -2.39. The third-order valence-corrected chi connectivity index (χ3v) is 1.88. The highest BCUT2D eigenvalue weighted by Gasteiger charge is 2.17. The molecule has 0 rings (SSSR count). The normalized spacial score (nSPS) is 10.4. The lowest BCUT2D eigenvalue weighted by molar-refractivity contribution is -0.136. The second-order valence-corrected chi connectivity index (χ2v) is 3.55. The van der Waals surface area contributed by atoms with Crippen LogP contribution in [-0.4, -0.2) is 42.9 Å². The van der Waals surface area contributed by atoms with E-state index in [0.717, 1.165) is 0 Å². The van der Waals surface area contributed by atoms with E-state index >= 15 is 0 Å². The van der Waals surface area contributed by atoms with Gasteiger partial charge in [-0.3, -0.25) is 9.59 Å². The Morgan fingerprint density at radius 2 is 1.93 bits per heavy atom. The SMILES string of the molecule is COCCN(C(=O)CC(C)=O)C(C)C. The van der Waals surface area contributed by atoms with Gasteiger partial charge in [0.1, 0.15) is 5.78 Å². The summed E-state index contributed by atoms with van der Waals surface area (Å²) in [5.74, 6) is -0.220. The number of hydrogen-bond acceptors (Lipinski definition) is 3. The molecular weight excluding hydrogens is 182 g/mol. The van der Waals surface area contributed by atoms with Gasteiger partial charge in [-0.15, -0.1) is 0 Å². The van der Waals surface area contributed by atoms with E-state index in [-0.39, 0.29) is 24.2 Å². The zero-order valence-electron chi connectivity index (χ0n) is 9.37. The van der Waals surface area contributed by atoms with Crippen molar-refractivity contribution < 1.29 is 14.3 Å². The van der Waals surface area contributed by atoms with Crippen molar-refractivity contribution in [2.45, 2.75) is 33.2 Å². The maximum Gasteiger partial charge on any atom is 0.230 e. The summed E-state index contributed by atoms with van der Waals surface area (Å²) in [5.41, 5.74) is 0. The minimum absolute atomic E-state index is 0.0120. The number of Topliss-reactive ketones (excluding diaryl/α,β-unsaturated/α-hetero) is 1. The van der Waals surface area contributed by atoms with Crippen molar-refractivity contribution in [1.29, 1.82) is 0 Å². The third-order valence-electron chi connectivity index (χ3n) is 1.88. The minimum atomic E-state index is -0.121. The molecule has 0 bridgehead atoms. The Balaban J connectivity index is 4.18. The fourth-order valence-corrected chi connectivity index (χ4v) is 1.18. The van der Waals surface area contributed by atoms with Crippen LogP contribution in [0.5, 0.6) is 0 Å². The van der Waals surface area contributed by atoms with E-state index in [9.17, 15) is 9.59 Å². The van der Waals surface area contributed by atoms with Crippen molar-refractivity contribution in [2.24, 2.45) is 0 Å². The summed E-state index contributed by atoms with van der Waals surface area (Å²) in [6.45, 7) is 6.32. The predicted octanol–water partition coefficient (Wildman–Crippen LogP) is 0.849. The molecule has 0 N–H and O–H groups in total. The monoisotopic (exact) mass is 201 g/mol. The van der Waals surface area contributed by atoms with E-state index in [1.54, 1.807) is 12.0 Å². The summed E-state index contributed by atoms with van der Waals surface area (Å²) in [6.07, 6.45) is -0.0120. The molecule has 0 aliphatic heterocycles. The zero-order valence-corrected chi connectivity index (χ0v) is 9.37. The molecule has 0 aliphatic rings. The number of nitrogens with zero attached hydrogens (tertiary/aromatic N) is 1. The molecule has 1 amide bonds. The molecule has 14 heavy (non-hydrogen) atoms. The van der Waals surface area contributed by atoms with Crippen LogP contribution >= 0.6 is 0 Å². The van der Waals surface area contributed by atoms with Gasteiger partial charge in [-0.05, 0) is 20.8 Å². The van der Waals surface area contributed by atoms with Crippen molar-refractivity contribution in [3.63, 3.8) is 0 Å². The highest BCUT2D eigenvalue weighted by Crippen LogP contribution is 2.01. The Labute approximate surface area is 85.2 Å². The smallest absolute Gasteiger partial charge is 0.230 e. The number of carbonyl (C=O) groups excluding carboxylic acids is 2. The number of ether oxygens (including phenoxy) is 1. The van der Waals surface area contributed by atoms with Crippen LogP contribution in [0, 0.1) is 0 Å². The highest BCUT2D eigenvalue weighted by molar-refractivity contribution is 5.96. The van der Waals surface area contributed by atoms with E-state index in [1.807, 2.05) is 13.8 Å². The molecule has 0 aliphatic carbocycles. The van der Waals surface area contributed by atoms with Crippen LogP contribution < -0.4 is 0 Å². The van der Waals surface area contributed by atoms with Gasteiger partial charge in [0, 0.05) is 19.7 Å². The van der Waals surface area contributed by atoms with Crippen LogP contribution in [0.2, 0.25) is 0 Å². The quantitative estimate of drug-likeness (QED) is 0.598. The van der Waals surface area contributed by atoms with Crippen LogP contribution in [0.15, 0.2) is 0 Å². The van der Waals surface area contributed by atoms with Crippen LogP contribution in [0.1, 0.15) is 27.2 Å². The van der Waals surface area contributed by atoms with Gasteiger partial charge in [-0.25, -0.2) is 0 Å². The molecule has 0 aromatic heterocycles. The van der Waals surface area contributed by atoms with Gasteiger partial charge in [-0.2, -0.15) is 0 Å². The largest absolute Gasteiger partial charge is 0.383 e. The van der Waals surface area contributed by atoms with E-state index in [4.69, 9.17) is 4.74 Å². The fraction of sp³-hybridized carbons (Fsp3) is 0.800. The second kappa shape index (κ2) is 6.54. The van der Waals surface area contributed by atoms with Gasteiger partial charge in [0.15, 0.2) is 0 Å². The van der Waals surface area contributed by atoms with Gasteiger partial charge in [0.2, 0.25) is 5.91 Å². The summed E-state index contributed by atoms with van der Waals surface area (Å²) in [4.78, 5) is 24.0. The second-order valence-electron chi connectivity index (χ2n) is 3.55. The van der Waals surface area contributed by atoms with Crippen molar-refractivity contribution in [3.05, 3.63) is 0 Å². The molecule has 0 heterocycles. The van der Waals surface area contributed by atoms with Gasteiger partial charge in [-0.1, -0.05) is 0 Å². The Morgan fingerprint density at radius 3 is 2.29 bits per heavy atom. The first-order valence-electron chi connectivity index (χ1n) is 4.77. The number of rotatable bonds is 6. The standard InChI is InChI=1S/C10H19NO3/c1-8(2)11(5-6-14-4)10(13)7-9(3)12/h8H,5-7H2,1-4H3. The first-order valence-corrected chi connectivity index (χ1v) is 4.77. The Morgan fingerprint density at radius 1 is 1.36 bits per heavy atom. The average Bonchev–Trinajstić information content (AvgIpc) is 2.02. The molecule has 0 radical (unpaired) electrons. The number of methoxy groups -OCH3 is 1. The van der Waals surface area contributed by atoms with E-state index in [1.165, 1.54) is 6.92 Å². The average molecular weight is 201 g/mol. The highest BCUT2D eigenvalue weighted by atomic mass is 16.5. The molecule has 0 saturated carbocycles. The molecule has 82 valence electrons. The third kappa shape index (κ3) is 4.97. The van der Waals surface area contributed by atoms with E-state index in [2.05, 4.69) is 0 Å². The molecule has 0 spiro atoms. The number of hydrogen-bond donors (Lipinski definition) is 0. The maximum absolute atomic E-state index is 11.6. The van der Waals surface area contributed by atoms with Crippen molar-refractivity contribution in [1.82, 2.24) is 4.90 Å². The summed E-state index contributed by atoms with van der Waals surface area (Å²) in [5, 5.41) is 0. The van der Waals surface area contributed by atoms with Crippen molar-refractivity contribution in [3.8, 4) is 0 Å². The van der Waals surface area contributed by atoms with Crippen LogP contribution in [0.25, 0.3) is 0 Å². The van der Waals surface area contributed by atoms with Crippen LogP contribution in [0.3, 0.4) is 0 Å². The van der Waals surface area contributed by atoms with E-state index in [0.29, 0.717) is 13.2 Å². The first-order chi connectivity index (χ1) is 6.49. The van der Waals surface area contributed by atoms with Gasteiger partial charge in [0.25, 0.3) is 0 Å². The summed E-state index contributed by atoms with van der Waals surface area (Å²) >= 11 is 0. The molecule has 0 saturated heterocycles. The van der Waals surface area contributed by atoms with Gasteiger partial charge >= 0.3 is 0 Å². The molecule has 4 nitrogen and oxygen atoms in total. The van der Waals surface area contributed by atoms with Crippen molar-refractivity contribution in [2.75, 3.05) is 20.3 Å². The molecular formula is C10H19NO3. The molecule has 0 atom stereocenters. The molecule has 0 aromatic rings. The first kappa shape index (κ1) is 13.1. The minimum Gasteiger partial charge on any atom is -0.383 e. The maximum atomic E-state index is 11.6. The lowest BCUT2D eigenvalue weighted by Gasteiger charge is -2.26. The van der Waals surface area contributed by atoms with Crippen LogP contribution in [0.4, 0.5) is 0 Å². The Hall–Kier alpha value is -0.900. The Bertz CT molecular complexity index is 202. The molecule has 0 aromatic carbocycles. The summed E-state index contributed by atoms with van der Waals surface area (Å²) in [6, 6.07) is 0.108. The lowest BCUT2D eigenvalue weighted by atomic mass is 10.2. The molecule has 4 heteroatoms. The molecule has 0 unspecified atom stereocenters. The van der Waals surface area contributed by atoms with Crippen LogP contribution in [-0.2, 0) is 14.3 Å². The van der Waals surface area contributed by atoms with Crippen molar-refractivity contribution >= 4 is 11.7 Å². The number of amides is 1. The topological polar surface area (TPSA) is 46.6 Å². The van der Waals surface area contributed by atoms with Gasteiger partial charge in [0.05, 0.1) is 13.0 Å². The Kier molecular flexibility index (Phi) is 6.12. The summed E-state index contributed by atoms with van der Waals surface area (Å²) < 4.78 is 4.90. The molecule has 0 fully saturated rings. The summed E-state index contributed by atoms with van der Waals surface area (Å²) in [7, 11) is 1.59. The zero-order chi connectivity index (χ0) is 11.1. The number of ketones is 1. The number of carbonyl (C=O) groups is 2.